The van der Waals surface area contributed by atoms with Crippen LogP contribution in [0.25, 0.3) is 0 Å². The highest BCUT2D eigenvalue weighted by Crippen LogP contribution is 2.13. The average molecular weight is 474 g/mol. The van der Waals surface area contributed by atoms with Crippen molar-refractivity contribution in [3.8, 4) is 0 Å². The van der Waals surface area contributed by atoms with E-state index in [0.717, 1.165) is 43.2 Å². The topological polar surface area (TPSA) is 52.8 Å². The maximum Gasteiger partial charge on any atom is 0.191 e. The number of furan rings is 1. The summed E-state index contributed by atoms with van der Waals surface area (Å²) < 4.78 is 5.37. The average Bonchev–Trinajstić information content (AvgIpc) is 3.13. The summed E-state index contributed by atoms with van der Waals surface area (Å²) in [5.41, 5.74) is 1.06. The number of aliphatic imine (C=N–C) groups is 1. The molecular weight excluding hydrogens is 439 g/mol. The third-order valence-corrected chi connectivity index (χ3v) is 4.62. The quantitative estimate of drug-likeness (QED) is 0.247. The molecule has 0 spiro atoms. The van der Waals surface area contributed by atoms with Gasteiger partial charge < -0.3 is 20.0 Å². The second-order valence-electron chi connectivity index (χ2n) is 7.04. The SMILES string of the molecule is C=C(C)CN=C(NCCc1ccco1)NCCC(C)N1CCCCC1.I. The molecular formula is C20H35IN4O. The van der Waals surface area contributed by atoms with Gasteiger partial charge in [-0.1, -0.05) is 18.6 Å². The summed E-state index contributed by atoms with van der Waals surface area (Å²) >= 11 is 0. The number of rotatable bonds is 9. The Labute approximate surface area is 175 Å². The molecule has 0 bridgehead atoms. The van der Waals surface area contributed by atoms with E-state index >= 15 is 0 Å². The molecule has 1 aromatic rings. The highest BCUT2D eigenvalue weighted by atomic mass is 127. The fraction of sp³-hybridized carbons (Fsp3) is 0.650. The molecule has 2 N–H and O–H groups in total. The normalized spacial score (nSPS) is 16.6. The molecule has 1 fully saturated rings. The smallest absolute Gasteiger partial charge is 0.191 e. The van der Waals surface area contributed by atoms with Gasteiger partial charge in [0.1, 0.15) is 5.76 Å². The Hall–Kier alpha value is -1.02. The van der Waals surface area contributed by atoms with Crippen molar-refractivity contribution >= 4 is 29.9 Å². The van der Waals surface area contributed by atoms with Crippen LogP contribution >= 0.6 is 24.0 Å². The van der Waals surface area contributed by atoms with Crippen molar-refractivity contribution in [2.45, 2.75) is 52.0 Å². The number of guanidine groups is 1. The van der Waals surface area contributed by atoms with Gasteiger partial charge in [0.05, 0.1) is 12.8 Å². The lowest BCUT2D eigenvalue weighted by Gasteiger charge is -2.32. The van der Waals surface area contributed by atoms with Gasteiger partial charge in [-0.15, -0.1) is 24.0 Å². The van der Waals surface area contributed by atoms with Crippen LogP contribution in [-0.4, -0.2) is 49.6 Å². The molecule has 0 radical (unpaired) electrons. The van der Waals surface area contributed by atoms with E-state index in [1.807, 2.05) is 19.1 Å². The molecule has 0 aliphatic carbocycles. The molecule has 0 saturated carbocycles. The fourth-order valence-corrected chi connectivity index (χ4v) is 3.09. The van der Waals surface area contributed by atoms with Gasteiger partial charge in [-0.2, -0.15) is 0 Å². The van der Waals surface area contributed by atoms with Crippen molar-refractivity contribution in [1.29, 1.82) is 0 Å². The first-order valence-electron chi connectivity index (χ1n) is 9.58. The molecule has 0 aromatic carbocycles. The molecule has 26 heavy (non-hydrogen) atoms. The lowest BCUT2D eigenvalue weighted by Crippen LogP contribution is -2.42. The zero-order valence-electron chi connectivity index (χ0n) is 16.3. The lowest BCUT2D eigenvalue weighted by atomic mass is 10.1. The monoisotopic (exact) mass is 474 g/mol. The molecule has 2 heterocycles. The maximum atomic E-state index is 5.37. The Balaban J connectivity index is 0.00000338. The van der Waals surface area contributed by atoms with Crippen LogP contribution in [0.1, 0.15) is 45.3 Å². The molecule has 2 rings (SSSR count). The number of nitrogens with zero attached hydrogens (tertiary/aromatic N) is 2. The number of halogens is 1. The van der Waals surface area contributed by atoms with Crippen LogP contribution in [0.4, 0.5) is 0 Å². The number of piperidine rings is 1. The molecule has 1 atom stereocenters. The van der Waals surface area contributed by atoms with E-state index in [1.165, 1.54) is 32.4 Å². The van der Waals surface area contributed by atoms with Crippen molar-refractivity contribution in [1.82, 2.24) is 15.5 Å². The van der Waals surface area contributed by atoms with Crippen LogP contribution in [0, 0.1) is 0 Å². The zero-order valence-corrected chi connectivity index (χ0v) is 18.6. The molecule has 0 amide bonds. The van der Waals surface area contributed by atoms with Crippen LogP contribution in [-0.2, 0) is 6.42 Å². The van der Waals surface area contributed by atoms with Crippen LogP contribution in [0.2, 0.25) is 0 Å². The van der Waals surface area contributed by atoms with E-state index in [4.69, 9.17) is 4.42 Å². The largest absolute Gasteiger partial charge is 0.469 e. The third-order valence-electron chi connectivity index (χ3n) is 4.62. The predicted molar refractivity (Wildman–Crippen MR) is 120 cm³/mol. The first-order chi connectivity index (χ1) is 12.1. The van der Waals surface area contributed by atoms with Crippen LogP contribution < -0.4 is 10.6 Å². The summed E-state index contributed by atoms with van der Waals surface area (Å²) in [5, 5.41) is 6.86. The first-order valence-corrected chi connectivity index (χ1v) is 9.58. The minimum atomic E-state index is 0. The van der Waals surface area contributed by atoms with Crippen molar-refractivity contribution in [3.05, 3.63) is 36.3 Å². The number of likely N-dealkylation sites (tertiary alicyclic amines) is 1. The van der Waals surface area contributed by atoms with Gasteiger partial charge in [0, 0.05) is 25.6 Å². The van der Waals surface area contributed by atoms with Gasteiger partial charge in [-0.25, -0.2) is 4.99 Å². The van der Waals surface area contributed by atoms with E-state index in [1.54, 1.807) is 6.26 Å². The van der Waals surface area contributed by atoms with Crippen molar-refractivity contribution in [2.24, 2.45) is 4.99 Å². The van der Waals surface area contributed by atoms with E-state index in [-0.39, 0.29) is 24.0 Å². The summed E-state index contributed by atoms with van der Waals surface area (Å²) in [5.74, 6) is 1.85. The van der Waals surface area contributed by atoms with E-state index in [0.29, 0.717) is 12.6 Å². The lowest BCUT2D eigenvalue weighted by molar-refractivity contribution is 0.167. The predicted octanol–water partition coefficient (Wildman–Crippen LogP) is 3.82. The number of hydrogen-bond donors (Lipinski definition) is 2. The number of hydrogen-bond acceptors (Lipinski definition) is 3. The van der Waals surface area contributed by atoms with E-state index in [2.05, 4.69) is 34.0 Å². The zero-order chi connectivity index (χ0) is 17.9. The summed E-state index contributed by atoms with van der Waals surface area (Å²) in [6.07, 6.45) is 7.77. The Morgan fingerprint density at radius 1 is 1.27 bits per heavy atom. The van der Waals surface area contributed by atoms with Gasteiger partial charge in [0.25, 0.3) is 0 Å². The van der Waals surface area contributed by atoms with Gasteiger partial charge in [-0.3, -0.25) is 0 Å². The van der Waals surface area contributed by atoms with E-state index in [9.17, 15) is 0 Å². The van der Waals surface area contributed by atoms with Crippen molar-refractivity contribution in [2.75, 3.05) is 32.7 Å². The minimum Gasteiger partial charge on any atom is -0.469 e. The maximum absolute atomic E-state index is 5.37. The summed E-state index contributed by atoms with van der Waals surface area (Å²) in [6, 6.07) is 4.55. The third kappa shape index (κ3) is 9.07. The summed E-state index contributed by atoms with van der Waals surface area (Å²) in [7, 11) is 0. The van der Waals surface area contributed by atoms with Gasteiger partial charge >= 0.3 is 0 Å². The standard InChI is InChI=1S/C20H34N4O.HI/c1-17(2)16-23-20(22-12-10-19-8-7-15-25-19)21-11-9-18(3)24-13-5-4-6-14-24;/h7-8,15,18H,1,4-6,9-14,16H2,2-3H3,(H2,21,22,23);1H. The van der Waals surface area contributed by atoms with Crippen LogP contribution in [0.5, 0.6) is 0 Å². The molecule has 5 nitrogen and oxygen atoms in total. The van der Waals surface area contributed by atoms with Crippen LogP contribution in [0.15, 0.2) is 40.0 Å². The first kappa shape index (κ1) is 23.0. The second-order valence-corrected chi connectivity index (χ2v) is 7.04. The van der Waals surface area contributed by atoms with Crippen molar-refractivity contribution < 1.29 is 4.42 Å². The fourth-order valence-electron chi connectivity index (χ4n) is 3.09. The molecule has 1 aliphatic heterocycles. The Morgan fingerprint density at radius 2 is 2.00 bits per heavy atom. The Bertz CT molecular complexity index is 524. The van der Waals surface area contributed by atoms with E-state index < -0.39 is 0 Å². The Kier molecular flexibility index (Phi) is 11.7. The van der Waals surface area contributed by atoms with Gasteiger partial charge in [-0.05, 0) is 58.3 Å². The molecule has 1 saturated heterocycles. The number of nitrogens with one attached hydrogen (secondary N) is 2. The van der Waals surface area contributed by atoms with Crippen LogP contribution in [0.3, 0.4) is 0 Å². The molecule has 6 heteroatoms. The highest BCUT2D eigenvalue weighted by molar-refractivity contribution is 14.0. The molecule has 1 unspecified atom stereocenters. The minimum absolute atomic E-state index is 0. The Morgan fingerprint density at radius 3 is 2.65 bits per heavy atom. The summed E-state index contributed by atoms with van der Waals surface area (Å²) in [6.45, 7) is 13.2. The van der Waals surface area contributed by atoms with Gasteiger partial charge in [0.15, 0.2) is 5.96 Å². The molecule has 1 aromatic heterocycles. The molecule has 1 aliphatic rings. The molecule has 148 valence electrons. The highest BCUT2D eigenvalue weighted by Gasteiger charge is 2.16. The van der Waals surface area contributed by atoms with Crippen molar-refractivity contribution in [3.63, 3.8) is 0 Å². The summed E-state index contributed by atoms with van der Waals surface area (Å²) in [4.78, 5) is 7.21. The van der Waals surface area contributed by atoms with Gasteiger partial charge in [0.2, 0.25) is 0 Å². The second kappa shape index (κ2) is 13.2.